The number of cyclic esters (lactones) is 1. The molecule has 2 saturated heterocycles. The molecule has 0 saturated carbocycles. The second kappa shape index (κ2) is 7.59. The lowest BCUT2D eigenvalue weighted by Crippen LogP contribution is -2.33. The second-order valence-corrected chi connectivity index (χ2v) is 7.53. The van der Waals surface area contributed by atoms with Crippen molar-refractivity contribution in [3.8, 4) is 11.9 Å². The highest BCUT2D eigenvalue weighted by molar-refractivity contribution is 5.83. The fourth-order valence-corrected chi connectivity index (χ4v) is 4.23. The monoisotopic (exact) mass is 394 g/mol. The van der Waals surface area contributed by atoms with Gasteiger partial charge in [-0.1, -0.05) is 30.4 Å². The molecule has 8 heteroatoms. The topological polar surface area (TPSA) is 113 Å². The van der Waals surface area contributed by atoms with Gasteiger partial charge in [0.05, 0.1) is 42.3 Å². The molecule has 0 spiro atoms. The lowest BCUT2D eigenvalue weighted by Gasteiger charge is -2.28. The van der Waals surface area contributed by atoms with Gasteiger partial charge in [-0.3, -0.25) is 4.79 Å². The van der Waals surface area contributed by atoms with Crippen molar-refractivity contribution in [1.29, 1.82) is 5.26 Å². The largest absolute Gasteiger partial charge is 0.481 e. The van der Waals surface area contributed by atoms with Crippen LogP contribution in [0.25, 0.3) is 0 Å². The second-order valence-electron chi connectivity index (χ2n) is 7.53. The van der Waals surface area contributed by atoms with E-state index in [0.29, 0.717) is 37.4 Å². The molecule has 29 heavy (non-hydrogen) atoms. The van der Waals surface area contributed by atoms with Crippen molar-refractivity contribution in [1.82, 2.24) is 15.6 Å². The highest BCUT2D eigenvalue weighted by atomic mass is 16.6. The molecule has 8 nitrogen and oxygen atoms in total. The van der Waals surface area contributed by atoms with Crippen LogP contribution in [0.5, 0.6) is 5.88 Å². The lowest BCUT2D eigenvalue weighted by atomic mass is 9.70. The Morgan fingerprint density at radius 1 is 1.34 bits per heavy atom. The number of alkyl carbamates (subject to hydrolysis) is 1. The van der Waals surface area contributed by atoms with Gasteiger partial charge in [-0.05, 0) is 24.8 Å². The molecule has 2 N–H and O–H groups in total. The summed E-state index contributed by atoms with van der Waals surface area (Å²) in [6.07, 6.45) is 8.53. The zero-order chi connectivity index (χ0) is 20.4. The minimum absolute atomic E-state index is 0.149. The predicted octanol–water partition coefficient (Wildman–Crippen LogP) is 1.94. The Bertz CT molecular complexity index is 935. The molecule has 1 aromatic heterocycles. The molecular formula is C21H22N4O4. The van der Waals surface area contributed by atoms with E-state index in [2.05, 4.69) is 21.7 Å². The van der Waals surface area contributed by atoms with Gasteiger partial charge in [0.2, 0.25) is 11.8 Å². The number of amides is 2. The van der Waals surface area contributed by atoms with Gasteiger partial charge in [-0.2, -0.15) is 5.26 Å². The summed E-state index contributed by atoms with van der Waals surface area (Å²) >= 11 is 0. The number of allylic oxidation sites excluding steroid dienone is 4. The van der Waals surface area contributed by atoms with Crippen molar-refractivity contribution in [3.63, 3.8) is 0 Å². The van der Waals surface area contributed by atoms with E-state index in [1.165, 1.54) is 7.11 Å². The van der Waals surface area contributed by atoms with Crippen LogP contribution in [0, 0.1) is 22.7 Å². The molecule has 1 aromatic rings. The van der Waals surface area contributed by atoms with E-state index in [9.17, 15) is 14.9 Å². The van der Waals surface area contributed by atoms with Crippen LogP contribution < -0.4 is 15.4 Å². The molecule has 0 bridgehead atoms. The molecule has 150 valence electrons. The van der Waals surface area contributed by atoms with Crippen LogP contribution in [0.3, 0.4) is 0 Å². The number of hydrogen-bond donors (Lipinski definition) is 2. The quantitative estimate of drug-likeness (QED) is 0.789. The van der Waals surface area contributed by atoms with Crippen molar-refractivity contribution >= 4 is 12.0 Å². The number of rotatable bonds is 5. The third-order valence-electron chi connectivity index (χ3n) is 5.76. The number of nitrogens with zero attached hydrogens (tertiary/aromatic N) is 2. The van der Waals surface area contributed by atoms with Crippen molar-refractivity contribution in [2.45, 2.75) is 31.3 Å². The van der Waals surface area contributed by atoms with E-state index in [1.54, 1.807) is 6.07 Å². The van der Waals surface area contributed by atoms with Crippen LogP contribution >= 0.6 is 0 Å². The number of pyridine rings is 1. The molecule has 3 heterocycles. The summed E-state index contributed by atoms with van der Waals surface area (Å²) < 4.78 is 10.3. The smallest absolute Gasteiger partial charge is 0.407 e. The van der Waals surface area contributed by atoms with E-state index in [0.717, 1.165) is 5.56 Å². The highest BCUT2D eigenvalue weighted by Crippen LogP contribution is 2.44. The van der Waals surface area contributed by atoms with Crippen molar-refractivity contribution < 1.29 is 19.1 Å². The van der Waals surface area contributed by atoms with Crippen LogP contribution in [0.2, 0.25) is 0 Å². The van der Waals surface area contributed by atoms with E-state index in [-0.39, 0.29) is 18.0 Å². The molecule has 3 unspecified atom stereocenters. The zero-order valence-electron chi connectivity index (χ0n) is 16.1. The number of methoxy groups -OCH3 is 1. The van der Waals surface area contributed by atoms with Gasteiger partial charge in [-0.15, -0.1) is 0 Å². The van der Waals surface area contributed by atoms with Crippen LogP contribution in [-0.2, 0) is 16.0 Å². The molecular weight excluding hydrogens is 372 g/mol. The molecule has 0 radical (unpaired) electrons. The lowest BCUT2D eigenvalue weighted by molar-refractivity contribution is -0.124. The minimum atomic E-state index is -0.847. The van der Waals surface area contributed by atoms with Crippen molar-refractivity contribution in [2.75, 3.05) is 13.7 Å². The summed E-state index contributed by atoms with van der Waals surface area (Å²) in [6, 6.07) is 5.53. The molecule has 4 rings (SSSR count). The number of ether oxygens (including phenoxy) is 2. The average molecular weight is 394 g/mol. The van der Waals surface area contributed by atoms with Gasteiger partial charge in [0.25, 0.3) is 0 Å². The van der Waals surface area contributed by atoms with E-state index >= 15 is 0 Å². The maximum atomic E-state index is 12.8. The van der Waals surface area contributed by atoms with Gasteiger partial charge in [0.15, 0.2) is 0 Å². The van der Waals surface area contributed by atoms with Gasteiger partial charge < -0.3 is 20.1 Å². The van der Waals surface area contributed by atoms with E-state index in [4.69, 9.17) is 9.47 Å². The number of nitriles is 1. The maximum absolute atomic E-state index is 12.8. The summed E-state index contributed by atoms with van der Waals surface area (Å²) in [5, 5.41) is 15.6. The first-order chi connectivity index (χ1) is 14.0. The molecule has 1 aliphatic carbocycles. The summed E-state index contributed by atoms with van der Waals surface area (Å²) in [5.41, 5.74) is 0.752. The number of aromatic nitrogens is 1. The highest BCUT2D eigenvalue weighted by Gasteiger charge is 2.47. The van der Waals surface area contributed by atoms with Crippen LogP contribution in [0.15, 0.2) is 36.4 Å². The summed E-state index contributed by atoms with van der Waals surface area (Å²) in [4.78, 5) is 28.8. The first-order valence-electron chi connectivity index (χ1n) is 9.58. The van der Waals surface area contributed by atoms with Gasteiger partial charge in [0.1, 0.15) is 6.61 Å². The number of hydrogen-bond acceptors (Lipinski definition) is 6. The average Bonchev–Trinajstić information content (AvgIpc) is 3.34. The predicted molar refractivity (Wildman–Crippen MR) is 103 cm³/mol. The Balaban J connectivity index is 1.61. The Hall–Kier alpha value is -3.34. The van der Waals surface area contributed by atoms with Crippen molar-refractivity contribution in [2.24, 2.45) is 11.3 Å². The maximum Gasteiger partial charge on any atom is 0.407 e. The first-order valence-corrected chi connectivity index (χ1v) is 9.58. The molecule has 4 atom stereocenters. The number of carbonyl (C=O) groups excluding carboxylic acids is 2. The Morgan fingerprint density at radius 2 is 2.21 bits per heavy atom. The fourth-order valence-electron chi connectivity index (χ4n) is 4.23. The molecule has 0 aromatic carbocycles. The van der Waals surface area contributed by atoms with Crippen LogP contribution in [-0.4, -0.2) is 36.7 Å². The van der Waals surface area contributed by atoms with Gasteiger partial charge in [-0.25, -0.2) is 9.78 Å². The standard InChI is InChI=1S/C21H22N4O4/c1-28-17-6-5-13(9-14-11-29-20(27)23-14)18(25-17)16-10-15(19(26)24-16)21(12-22)7-3-2-4-8-21/h2-7,14-16H,8-11H2,1H3,(H,23,27)(H,24,26)/t14-,15?,16?,21?/m0/s1. The Labute approximate surface area is 168 Å². The summed E-state index contributed by atoms with van der Waals surface area (Å²) in [5.74, 6) is -0.165. The number of carbonyl (C=O) groups is 2. The van der Waals surface area contributed by atoms with E-state index in [1.807, 2.05) is 30.4 Å². The molecule has 3 aliphatic rings. The third-order valence-corrected chi connectivity index (χ3v) is 5.76. The van der Waals surface area contributed by atoms with Gasteiger partial charge >= 0.3 is 6.09 Å². The van der Waals surface area contributed by atoms with Crippen LogP contribution in [0.4, 0.5) is 4.79 Å². The van der Waals surface area contributed by atoms with Gasteiger partial charge in [0, 0.05) is 6.07 Å². The fraction of sp³-hybridized carbons (Fsp3) is 0.429. The zero-order valence-corrected chi connectivity index (χ0v) is 16.1. The molecule has 2 fully saturated rings. The Kier molecular flexibility index (Phi) is 4.97. The third kappa shape index (κ3) is 3.56. The SMILES string of the molecule is COc1ccc(C[C@H]2COC(=O)N2)c(C2CC(C3(C#N)C=CC=CC3)C(=O)N2)n1. The molecule has 2 aliphatic heterocycles. The van der Waals surface area contributed by atoms with Crippen molar-refractivity contribution in [3.05, 3.63) is 47.7 Å². The Morgan fingerprint density at radius 3 is 2.86 bits per heavy atom. The van der Waals surface area contributed by atoms with Crippen LogP contribution in [0.1, 0.15) is 30.1 Å². The number of nitrogens with one attached hydrogen (secondary N) is 2. The first kappa shape index (κ1) is 19.0. The molecule has 2 amide bonds. The van der Waals surface area contributed by atoms with E-state index < -0.39 is 17.4 Å². The normalized spacial score (nSPS) is 30.4. The summed E-state index contributed by atoms with van der Waals surface area (Å²) in [6.45, 7) is 0.290. The minimum Gasteiger partial charge on any atom is -0.481 e. The summed E-state index contributed by atoms with van der Waals surface area (Å²) in [7, 11) is 1.54.